The smallest absolute Gasteiger partial charge is 0.321 e. The summed E-state index contributed by atoms with van der Waals surface area (Å²) < 4.78 is 39.7. The second kappa shape index (κ2) is 7.81. The lowest BCUT2D eigenvalue weighted by molar-refractivity contribution is -0.141. The first-order chi connectivity index (χ1) is 15.6. The molecule has 0 aliphatic heterocycles. The maximum Gasteiger partial charge on any atom is 0.406 e. The predicted octanol–water partition coefficient (Wildman–Crippen LogP) is 5.94. The van der Waals surface area contributed by atoms with Crippen molar-refractivity contribution in [2.45, 2.75) is 38.0 Å². The number of halogens is 3. The van der Waals surface area contributed by atoms with Crippen molar-refractivity contribution in [1.29, 1.82) is 0 Å². The van der Waals surface area contributed by atoms with E-state index >= 15 is 0 Å². The van der Waals surface area contributed by atoms with Gasteiger partial charge in [-0.05, 0) is 35.4 Å². The van der Waals surface area contributed by atoms with Crippen molar-refractivity contribution in [3.63, 3.8) is 0 Å². The van der Waals surface area contributed by atoms with E-state index in [1.807, 2.05) is 54.6 Å². The Labute approximate surface area is 192 Å². The highest BCUT2D eigenvalue weighted by molar-refractivity contribution is 7.22. The summed E-state index contributed by atoms with van der Waals surface area (Å²) in [6, 6.07) is 17.2. The fourth-order valence-corrected chi connectivity index (χ4v) is 5.95. The Bertz CT molecular complexity index is 1370. The van der Waals surface area contributed by atoms with Gasteiger partial charge in [0.1, 0.15) is 11.4 Å². The quantitative estimate of drug-likeness (QED) is 0.403. The van der Waals surface area contributed by atoms with Crippen LogP contribution in [-0.4, -0.2) is 15.7 Å². The summed E-state index contributed by atoms with van der Waals surface area (Å²) in [6.07, 6.45) is -1.66. The van der Waals surface area contributed by atoms with E-state index < -0.39 is 18.3 Å². The zero-order valence-corrected chi connectivity index (χ0v) is 18.7. The van der Waals surface area contributed by atoms with Gasteiger partial charge in [-0.2, -0.15) is 13.2 Å². The maximum absolute atomic E-state index is 13.1. The molecule has 2 aromatic carbocycles. The van der Waals surface area contributed by atoms with Crippen LogP contribution in [0.1, 0.15) is 25.3 Å². The van der Waals surface area contributed by atoms with Crippen LogP contribution in [0.3, 0.4) is 0 Å². The summed E-state index contributed by atoms with van der Waals surface area (Å²) in [7, 11) is 0. The van der Waals surface area contributed by atoms with E-state index in [2.05, 4.69) is 11.9 Å². The molecule has 1 fully saturated rings. The van der Waals surface area contributed by atoms with Crippen molar-refractivity contribution in [1.82, 2.24) is 9.55 Å². The largest absolute Gasteiger partial charge is 0.406 e. The zero-order valence-electron chi connectivity index (χ0n) is 17.9. The van der Waals surface area contributed by atoms with Crippen LogP contribution in [0.15, 0.2) is 65.7 Å². The number of hydrogen-bond acceptors (Lipinski definition) is 4. The molecule has 4 nitrogen and oxygen atoms in total. The van der Waals surface area contributed by atoms with E-state index in [1.165, 1.54) is 11.3 Å². The molecule has 0 bridgehead atoms. The van der Waals surface area contributed by atoms with Crippen LogP contribution in [0, 0.1) is 5.92 Å². The molecule has 1 aliphatic rings. The lowest BCUT2D eigenvalue weighted by Crippen LogP contribution is -2.47. The van der Waals surface area contributed by atoms with Crippen molar-refractivity contribution < 1.29 is 13.2 Å². The van der Waals surface area contributed by atoms with Crippen LogP contribution in [0.25, 0.3) is 31.8 Å². The minimum Gasteiger partial charge on any atom is -0.321 e. The molecule has 0 unspecified atom stereocenters. The highest BCUT2D eigenvalue weighted by atomic mass is 32.1. The van der Waals surface area contributed by atoms with Crippen LogP contribution in [0.4, 0.5) is 13.2 Å². The summed E-state index contributed by atoms with van der Waals surface area (Å²) in [5.41, 5.74) is 8.83. The molecule has 0 atom stereocenters. The van der Waals surface area contributed by atoms with Crippen LogP contribution in [0.5, 0.6) is 0 Å². The third-order valence-electron chi connectivity index (χ3n) is 6.24. The van der Waals surface area contributed by atoms with Crippen LogP contribution in [0.2, 0.25) is 0 Å². The van der Waals surface area contributed by atoms with E-state index in [4.69, 9.17) is 5.73 Å². The van der Waals surface area contributed by atoms with E-state index in [9.17, 15) is 18.0 Å². The molecule has 0 saturated heterocycles. The van der Waals surface area contributed by atoms with Gasteiger partial charge < -0.3 is 5.73 Å². The van der Waals surface area contributed by atoms with E-state index in [0.29, 0.717) is 20.9 Å². The molecule has 0 amide bonds. The van der Waals surface area contributed by atoms with Gasteiger partial charge in [0.05, 0.1) is 11.7 Å². The summed E-state index contributed by atoms with van der Waals surface area (Å²) in [6.45, 7) is 0.807. The number of hydrogen-bond donors (Lipinski definition) is 1. The fourth-order valence-electron chi connectivity index (χ4n) is 4.79. The van der Waals surface area contributed by atoms with Crippen molar-refractivity contribution >= 4 is 21.6 Å². The number of benzene rings is 2. The van der Waals surface area contributed by atoms with Gasteiger partial charge in [-0.15, -0.1) is 11.3 Å². The number of nitrogens with zero attached hydrogens (tertiary/aromatic N) is 2. The molecular weight excluding hydrogens is 447 g/mol. The van der Waals surface area contributed by atoms with Gasteiger partial charge in [0.15, 0.2) is 0 Å². The first kappa shape index (κ1) is 21.9. The lowest BCUT2D eigenvalue weighted by atomic mass is 9.66. The van der Waals surface area contributed by atoms with Gasteiger partial charge in [-0.25, -0.2) is 4.98 Å². The van der Waals surface area contributed by atoms with Gasteiger partial charge in [-0.3, -0.25) is 9.36 Å². The molecule has 1 aliphatic carbocycles. The topological polar surface area (TPSA) is 60.9 Å². The molecule has 2 N–H and O–H groups in total. The second-order valence-corrected chi connectivity index (χ2v) is 9.89. The van der Waals surface area contributed by atoms with Gasteiger partial charge in [0.2, 0.25) is 0 Å². The van der Waals surface area contributed by atoms with Crippen molar-refractivity contribution in [3.8, 4) is 21.6 Å². The third kappa shape index (κ3) is 3.98. The summed E-state index contributed by atoms with van der Waals surface area (Å²) in [5.74, 6) is 0.604. The Kier molecular flexibility index (Phi) is 5.17. The molecule has 2 heterocycles. The number of aromatic nitrogens is 2. The molecule has 5 rings (SSSR count). The van der Waals surface area contributed by atoms with Crippen molar-refractivity contribution in [2.24, 2.45) is 11.7 Å². The highest BCUT2D eigenvalue weighted by Crippen LogP contribution is 2.46. The van der Waals surface area contributed by atoms with Gasteiger partial charge in [-0.1, -0.05) is 61.5 Å². The summed E-state index contributed by atoms with van der Waals surface area (Å²) in [4.78, 5) is 18.5. The predicted molar refractivity (Wildman–Crippen MR) is 125 cm³/mol. The van der Waals surface area contributed by atoms with Gasteiger partial charge in [0, 0.05) is 16.0 Å². The van der Waals surface area contributed by atoms with Crippen LogP contribution >= 0.6 is 11.3 Å². The molecule has 170 valence electrons. The summed E-state index contributed by atoms with van der Waals surface area (Å²) >= 11 is 1.31. The average Bonchev–Trinajstić information content (AvgIpc) is 3.15. The Balaban J connectivity index is 1.68. The molecule has 2 aromatic heterocycles. The Morgan fingerprint density at radius 2 is 1.76 bits per heavy atom. The van der Waals surface area contributed by atoms with E-state index in [1.54, 1.807) is 0 Å². The number of fused-ring (bicyclic) bond motifs is 1. The molecule has 1 saturated carbocycles. The number of alkyl halides is 3. The minimum absolute atomic E-state index is 0.208. The Hall–Kier alpha value is -2.97. The molecule has 0 spiro atoms. The minimum atomic E-state index is -4.52. The highest BCUT2D eigenvalue weighted by Gasteiger charge is 2.39. The Morgan fingerprint density at radius 3 is 2.36 bits per heavy atom. The first-order valence-electron chi connectivity index (χ1n) is 10.7. The Morgan fingerprint density at radius 1 is 1.09 bits per heavy atom. The zero-order chi connectivity index (χ0) is 23.4. The van der Waals surface area contributed by atoms with Crippen LogP contribution in [-0.2, 0) is 12.1 Å². The van der Waals surface area contributed by atoms with E-state index in [0.717, 1.165) is 40.7 Å². The monoisotopic (exact) mass is 469 g/mol. The van der Waals surface area contributed by atoms with Crippen molar-refractivity contribution in [2.75, 3.05) is 0 Å². The van der Waals surface area contributed by atoms with Gasteiger partial charge >= 0.3 is 6.18 Å². The lowest BCUT2D eigenvalue weighted by Gasteiger charge is -2.44. The standard InChI is InChI=1S/C25H22F3N3OS/c1-15-11-24(29,12-15)18-9-7-17(8-10-18)21-19(16-5-3-2-4-6-16)20-22(33-21)30-14-31(23(20)32)13-25(26,27)28/h2-10,14-15H,11-13,29H2,1H3. The molecular formula is C25H22F3N3OS. The third-order valence-corrected chi connectivity index (χ3v) is 7.39. The fraction of sp³-hybridized carbons (Fsp3) is 0.280. The average molecular weight is 470 g/mol. The molecule has 0 radical (unpaired) electrons. The van der Waals surface area contributed by atoms with Crippen LogP contribution < -0.4 is 11.3 Å². The van der Waals surface area contributed by atoms with E-state index in [-0.39, 0.29) is 10.9 Å². The van der Waals surface area contributed by atoms with Gasteiger partial charge in [0.25, 0.3) is 5.56 Å². The second-order valence-electron chi connectivity index (χ2n) is 8.89. The molecule has 33 heavy (non-hydrogen) atoms. The summed E-state index contributed by atoms with van der Waals surface area (Å²) in [5, 5.41) is 0.208. The maximum atomic E-state index is 13.1. The molecule has 8 heteroatoms. The SMILES string of the molecule is CC1CC(N)(c2ccc(-c3sc4ncn(CC(F)(F)F)c(=O)c4c3-c3ccccc3)cc2)C1. The number of nitrogens with two attached hydrogens (primary N) is 1. The normalized spacial score (nSPS) is 20.7. The van der Waals surface area contributed by atoms with Crippen molar-refractivity contribution in [3.05, 3.63) is 76.8 Å². The first-order valence-corrected chi connectivity index (χ1v) is 11.5. The number of rotatable bonds is 4. The molecule has 4 aromatic rings. The number of thiophene rings is 1.